The van der Waals surface area contributed by atoms with Crippen molar-refractivity contribution in [2.24, 2.45) is 0 Å². The summed E-state index contributed by atoms with van der Waals surface area (Å²) in [5, 5.41) is 11.0. The summed E-state index contributed by atoms with van der Waals surface area (Å²) in [4.78, 5) is 24.5. The monoisotopic (exact) mass is 372 g/mol. The molecule has 0 aliphatic rings. The van der Waals surface area contributed by atoms with Gasteiger partial charge in [0.15, 0.2) is 0 Å². The zero-order chi connectivity index (χ0) is 16.4. The van der Waals surface area contributed by atoms with Gasteiger partial charge in [0.2, 0.25) is 5.91 Å². The van der Waals surface area contributed by atoms with E-state index in [2.05, 4.69) is 31.6 Å². The van der Waals surface area contributed by atoms with Gasteiger partial charge in [-0.3, -0.25) is 9.59 Å². The van der Waals surface area contributed by atoms with Crippen LogP contribution in [0.15, 0.2) is 51.7 Å². The Labute approximate surface area is 140 Å². The van der Waals surface area contributed by atoms with Crippen LogP contribution in [0.5, 0.6) is 0 Å². The van der Waals surface area contributed by atoms with Crippen molar-refractivity contribution in [2.45, 2.75) is 13.5 Å². The van der Waals surface area contributed by atoms with Gasteiger partial charge in [-0.15, -0.1) is 5.10 Å². The number of nitrogens with one attached hydrogen (secondary N) is 1. The van der Waals surface area contributed by atoms with Gasteiger partial charge in [0.05, 0.1) is 5.39 Å². The second kappa shape index (κ2) is 6.29. The third-order valence-corrected chi connectivity index (χ3v) is 3.88. The predicted molar refractivity (Wildman–Crippen MR) is 91.3 cm³/mol. The van der Waals surface area contributed by atoms with E-state index in [-0.39, 0.29) is 18.0 Å². The standard InChI is InChI=1S/C16H13BrN4O2/c1-10-8-11(17)6-7-13(10)18-15(22)9-21-16(23)12-4-2-3-5-14(12)19-20-21/h2-8H,9H2,1H3,(H,18,22). The van der Waals surface area contributed by atoms with Crippen molar-refractivity contribution >= 4 is 38.4 Å². The summed E-state index contributed by atoms with van der Waals surface area (Å²) in [6, 6.07) is 12.4. The Kier molecular flexibility index (Phi) is 4.20. The van der Waals surface area contributed by atoms with Crippen molar-refractivity contribution in [1.29, 1.82) is 0 Å². The second-order valence-corrected chi connectivity index (χ2v) is 5.99. The molecule has 0 saturated heterocycles. The minimum atomic E-state index is -0.335. The lowest BCUT2D eigenvalue weighted by Crippen LogP contribution is -2.30. The first-order valence-corrected chi connectivity index (χ1v) is 7.72. The molecule has 0 spiro atoms. The van der Waals surface area contributed by atoms with Crippen molar-refractivity contribution in [1.82, 2.24) is 15.0 Å². The van der Waals surface area contributed by atoms with E-state index < -0.39 is 0 Å². The number of nitrogens with zero attached hydrogens (tertiary/aromatic N) is 3. The smallest absolute Gasteiger partial charge is 0.278 e. The average molecular weight is 373 g/mol. The Hall–Kier alpha value is -2.54. The number of aryl methyl sites for hydroxylation is 1. The Morgan fingerprint density at radius 1 is 1.26 bits per heavy atom. The van der Waals surface area contributed by atoms with E-state index >= 15 is 0 Å². The molecule has 3 aromatic rings. The van der Waals surface area contributed by atoms with Crippen LogP contribution >= 0.6 is 15.9 Å². The topological polar surface area (TPSA) is 76.9 Å². The number of benzene rings is 2. The van der Waals surface area contributed by atoms with Gasteiger partial charge in [0.25, 0.3) is 5.56 Å². The summed E-state index contributed by atoms with van der Waals surface area (Å²) >= 11 is 3.37. The first kappa shape index (κ1) is 15.4. The number of rotatable bonds is 3. The third-order valence-electron chi connectivity index (χ3n) is 3.39. The van der Waals surface area contributed by atoms with E-state index in [1.807, 2.05) is 19.1 Å². The van der Waals surface area contributed by atoms with Gasteiger partial charge < -0.3 is 5.32 Å². The Morgan fingerprint density at radius 2 is 2.04 bits per heavy atom. The Balaban J connectivity index is 1.83. The van der Waals surface area contributed by atoms with Crippen molar-refractivity contribution in [2.75, 3.05) is 5.32 Å². The van der Waals surface area contributed by atoms with Gasteiger partial charge in [0, 0.05) is 10.2 Å². The molecule has 1 aromatic heterocycles. The lowest BCUT2D eigenvalue weighted by Gasteiger charge is -2.09. The fourth-order valence-electron chi connectivity index (χ4n) is 2.22. The predicted octanol–water partition coefficient (Wildman–Crippen LogP) is 2.50. The molecule has 0 radical (unpaired) electrons. The first-order valence-electron chi connectivity index (χ1n) is 6.93. The molecule has 6 nitrogen and oxygen atoms in total. The van der Waals surface area contributed by atoms with E-state index in [0.717, 1.165) is 14.7 Å². The van der Waals surface area contributed by atoms with Crippen LogP contribution in [-0.4, -0.2) is 20.9 Å². The average Bonchev–Trinajstić information content (AvgIpc) is 2.53. The van der Waals surface area contributed by atoms with E-state index in [9.17, 15) is 9.59 Å². The highest BCUT2D eigenvalue weighted by molar-refractivity contribution is 9.10. The maximum absolute atomic E-state index is 12.3. The molecule has 116 valence electrons. The van der Waals surface area contributed by atoms with E-state index in [0.29, 0.717) is 16.6 Å². The maximum Gasteiger partial charge on any atom is 0.278 e. The zero-order valence-corrected chi connectivity index (χ0v) is 13.9. The quantitative estimate of drug-likeness (QED) is 0.766. The largest absolute Gasteiger partial charge is 0.324 e. The number of fused-ring (bicyclic) bond motifs is 1. The summed E-state index contributed by atoms with van der Waals surface area (Å²) in [6.45, 7) is 1.70. The molecule has 0 bridgehead atoms. The van der Waals surface area contributed by atoms with Crippen molar-refractivity contribution in [3.63, 3.8) is 0 Å². The number of hydrogen-bond acceptors (Lipinski definition) is 4. The molecule has 0 fully saturated rings. The van der Waals surface area contributed by atoms with Crippen LogP contribution in [-0.2, 0) is 11.3 Å². The van der Waals surface area contributed by atoms with Gasteiger partial charge in [-0.1, -0.05) is 33.3 Å². The molecule has 0 atom stereocenters. The lowest BCUT2D eigenvalue weighted by atomic mass is 10.2. The molecule has 2 aromatic carbocycles. The highest BCUT2D eigenvalue weighted by Crippen LogP contribution is 2.19. The van der Waals surface area contributed by atoms with E-state index in [1.54, 1.807) is 30.3 Å². The van der Waals surface area contributed by atoms with Crippen LogP contribution in [0.2, 0.25) is 0 Å². The minimum Gasteiger partial charge on any atom is -0.324 e. The van der Waals surface area contributed by atoms with Gasteiger partial charge in [-0.25, -0.2) is 4.68 Å². The number of carbonyl (C=O) groups is 1. The Morgan fingerprint density at radius 3 is 2.83 bits per heavy atom. The fraction of sp³-hybridized carbons (Fsp3) is 0.125. The molecule has 1 amide bonds. The van der Waals surface area contributed by atoms with Crippen LogP contribution < -0.4 is 10.9 Å². The maximum atomic E-state index is 12.3. The number of hydrogen-bond donors (Lipinski definition) is 1. The number of halogens is 1. The summed E-state index contributed by atoms with van der Waals surface area (Å²) in [7, 11) is 0. The van der Waals surface area contributed by atoms with Crippen molar-refractivity contribution < 1.29 is 4.79 Å². The molecular formula is C16H13BrN4O2. The van der Waals surface area contributed by atoms with Crippen LogP contribution in [0, 0.1) is 6.92 Å². The summed E-state index contributed by atoms with van der Waals surface area (Å²) < 4.78 is 2.00. The van der Waals surface area contributed by atoms with Crippen LogP contribution in [0.4, 0.5) is 5.69 Å². The van der Waals surface area contributed by atoms with Crippen LogP contribution in [0.3, 0.4) is 0 Å². The Bertz CT molecular complexity index is 952. The van der Waals surface area contributed by atoms with Crippen LogP contribution in [0.25, 0.3) is 10.9 Å². The molecule has 23 heavy (non-hydrogen) atoms. The minimum absolute atomic E-state index is 0.188. The number of carbonyl (C=O) groups excluding carboxylic acids is 1. The van der Waals surface area contributed by atoms with Crippen molar-refractivity contribution in [3.8, 4) is 0 Å². The normalized spacial score (nSPS) is 10.7. The number of aromatic nitrogens is 3. The molecule has 1 heterocycles. The van der Waals surface area contributed by atoms with E-state index in [1.165, 1.54) is 0 Å². The molecule has 3 rings (SSSR count). The number of anilines is 1. The lowest BCUT2D eigenvalue weighted by molar-refractivity contribution is -0.117. The SMILES string of the molecule is Cc1cc(Br)ccc1NC(=O)Cn1nnc2ccccc2c1=O. The van der Waals surface area contributed by atoms with E-state index in [4.69, 9.17) is 0 Å². The fourth-order valence-corrected chi connectivity index (χ4v) is 2.70. The molecule has 1 N–H and O–H groups in total. The highest BCUT2D eigenvalue weighted by Gasteiger charge is 2.10. The van der Waals surface area contributed by atoms with Crippen LogP contribution in [0.1, 0.15) is 5.56 Å². The highest BCUT2D eigenvalue weighted by atomic mass is 79.9. The number of amides is 1. The van der Waals surface area contributed by atoms with Crippen molar-refractivity contribution in [3.05, 3.63) is 62.9 Å². The summed E-state index contributed by atoms with van der Waals surface area (Å²) in [6.07, 6.45) is 0. The van der Waals surface area contributed by atoms with Gasteiger partial charge in [0.1, 0.15) is 12.1 Å². The molecule has 0 aliphatic heterocycles. The molecular weight excluding hydrogens is 360 g/mol. The van der Waals surface area contributed by atoms with Gasteiger partial charge >= 0.3 is 0 Å². The molecule has 0 aliphatic carbocycles. The van der Waals surface area contributed by atoms with Gasteiger partial charge in [-0.2, -0.15) is 0 Å². The first-order chi connectivity index (χ1) is 11.0. The summed E-state index contributed by atoms with van der Waals surface area (Å²) in [5.74, 6) is -0.331. The molecule has 0 unspecified atom stereocenters. The van der Waals surface area contributed by atoms with Gasteiger partial charge in [-0.05, 0) is 42.8 Å². The second-order valence-electron chi connectivity index (χ2n) is 5.08. The zero-order valence-electron chi connectivity index (χ0n) is 12.3. The molecule has 0 saturated carbocycles. The summed E-state index contributed by atoms with van der Waals surface area (Å²) in [5.41, 5.74) is 1.79. The third kappa shape index (κ3) is 3.29. The molecule has 7 heteroatoms.